The van der Waals surface area contributed by atoms with Crippen LogP contribution in [0.2, 0.25) is 0 Å². The summed E-state index contributed by atoms with van der Waals surface area (Å²) >= 11 is 0. The van der Waals surface area contributed by atoms with Gasteiger partial charge in [0.15, 0.2) is 0 Å². The summed E-state index contributed by atoms with van der Waals surface area (Å²) in [5, 5.41) is 9.34. The Morgan fingerprint density at radius 3 is 2.56 bits per heavy atom. The minimum Gasteiger partial charge on any atom is -0.480 e. The van der Waals surface area contributed by atoms with Crippen LogP contribution >= 0.6 is 0 Å². The van der Waals surface area contributed by atoms with Crippen molar-refractivity contribution in [3.8, 4) is 0 Å². The molecule has 1 aromatic heterocycles. The molecule has 0 radical (unpaired) electrons. The Morgan fingerprint density at radius 2 is 2.06 bits per heavy atom. The van der Waals surface area contributed by atoms with E-state index in [1.807, 2.05) is 30.1 Å². The van der Waals surface area contributed by atoms with E-state index in [9.17, 15) is 9.90 Å². The monoisotopic (exact) mass is 222 g/mol. The first-order valence-electron chi connectivity index (χ1n) is 5.77. The average molecular weight is 222 g/mol. The number of aryl methyl sites for hydroxylation is 1. The van der Waals surface area contributed by atoms with Crippen LogP contribution < -0.4 is 0 Å². The molecule has 2 heterocycles. The highest BCUT2D eigenvalue weighted by Gasteiger charge is 2.28. The minimum atomic E-state index is -0.742. The number of likely N-dealkylation sites (tertiary alicyclic amines) is 1. The predicted octanol–water partition coefficient (Wildman–Crippen LogP) is 1.64. The van der Waals surface area contributed by atoms with Gasteiger partial charge in [-0.3, -0.25) is 9.69 Å². The quantitative estimate of drug-likeness (QED) is 0.845. The van der Waals surface area contributed by atoms with Gasteiger partial charge in [-0.15, -0.1) is 0 Å². The van der Waals surface area contributed by atoms with E-state index >= 15 is 0 Å². The van der Waals surface area contributed by atoms with E-state index in [0.717, 1.165) is 31.5 Å². The van der Waals surface area contributed by atoms with Crippen LogP contribution in [0.15, 0.2) is 18.5 Å². The van der Waals surface area contributed by atoms with Gasteiger partial charge in [0.05, 0.1) is 0 Å². The summed E-state index contributed by atoms with van der Waals surface area (Å²) in [4.78, 5) is 13.4. The molecule has 4 heteroatoms. The van der Waals surface area contributed by atoms with Gasteiger partial charge in [0.1, 0.15) is 6.04 Å². The van der Waals surface area contributed by atoms with Gasteiger partial charge in [0, 0.05) is 19.4 Å². The number of rotatable bonds is 3. The molecule has 1 aromatic rings. The maximum atomic E-state index is 11.4. The number of piperidine rings is 1. The van der Waals surface area contributed by atoms with Gasteiger partial charge < -0.3 is 9.67 Å². The third kappa shape index (κ3) is 2.27. The molecule has 0 bridgehead atoms. The zero-order valence-electron chi connectivity index (χ0n) is 9.59. The Balaban J connectivity index is 2.19. The lowest BCUT2D eigenvalue weighted by Crippen LogP contribution is -2.37. The van der Waals surface area contributed by atoms with Crippen LogP contribution in [0, 0.1) is 0 Å². The molecule has 1 saturated heterocycles. The van der Waals surface area contributed by atoms with Crippen molar-refractivity contribution in [1.82, 2.24) is 9.47 Å². The average Bonchev–Trinajstić information content (AvgIpc) is 2.66. The first-order valence-corrected chi connectivity index (χ1v) is 5.77. The maximum Gasteiger partial charge on any atom is 0.325 e. The summed E-state index contributed by atoms with van der Waals surface area (Å²) in [6.45, 7) is 1.79. The molecule has 0 aliphatic carbocycles. The highest BCUT2D eigenvalue weighted by Crippen LogP contribution is 2.24. The van der Waals surface area contributed by atoms with Crippen LogP contribution in [0.25, 0.3) is 0 Å². The van der Waals surface area contributed by atoms with Crippen molar-refractivity contribution in [1.29, 1.82) is 0 Å². The van der Waals surface area contributed by atoms with Crippen molar-refractivity contribution < 1.29 is 9.90 Å². The van der Waals surface area contributed by atoms with Gasteiger partial charge in [0.25, 0.3) is 0 Å². The second kappa shape index (κ2) is 4.70. The largest absolute Gasteiger partial charge is 0.480 e. The number of hydrogen-bond acceptors (Lipinski definition) is 2. The second-order valence-corrected chi connectivity index (χ2v) is 4.45. The summed E-state index contributed by atoms with van der Waals surface area (Å²) in [6, 6.07) is 1.43. The molecular weight excluding hydrogens is 204 g/mol. The molecule has 0 amide bonds. The molecule has 1 fully saturated rings. The Hall–Kier alpha value is -1.29. The van der Waals surface area contributed by atoms with E-state index in [2.05, 4.69) is 4.90 Å². The SMILES string of the molecule is Cn1ccc(C(C(=O)O)N2CCCCC2)c1. The van der Waals surface area contributed by atoms with E-state index in [4.69, 9.17) is 0 Å². The highest BCUT2D eigenvalue weighted by atomic mass is 16.4. The van der Waals surface area contributed by atoms with Crippen molar-refractivity contribution in [2.75, 3.05) is 13.1 Å². The van der Waals surface area contributed by atoms with Crippen LogP contribution in [0.4, 0.5) is 0 Å². The van der Waals surface area contributed by atoms with Gasteiger partial charge in [-0.1, -0.05) is 6.42 Å². The number of carboxylic acids is 1. The first kappa shape index (κ1) is 11.2. The van der Waals surface area contributed by atoms with Crippen LogP contribution in [-0.4, -0.2) is 33.6 Å². The number of aliphatic carboxylic acids is 1. The third-order valence-electron chi connectivity index (χ3n) is 3.16. The molecule has 4 nitrogen and oxygen atoms in total. The van der Waals surface area contributed by atoms with Gasteiger partial charge >= 0.3 is 5.97 Å². The van der Waals surface area contributed by atoms with Gasteiger partial charge in [-0.2, -0.15) is 0 Å². The number of aromatic nitrogens is 1. The van der Waals surface area contributed by atoms with E-state index in [1.165, 1.54) is 6.42 Å². The predicted molar refractivity (Wildman–Crippen MR) is 61.2 cm³/mol. The van der Waals surface area contributed by atoms with Crippen molar-refractivity contribution in [2.45, 2.75) is 25.3 Å². The number of carboxylic acid groups (broad SMARTS) is 1. The fourth-order valence-electron chi connectivity index (χ4n) is 2.37. The summed E-state index contributed by atoms with van der Waals surface area (Å²) in [5.74, 6) is -0.742. The lowest BCUT2D eigenvalue weighted by atomic mass is 10.0. The Labute approximate surface area is 95.5 Å². The molecule has 1 unspecified atom stereocenters. The summed E-state index contributed by atoms with van der Waals surface area (Å²) in [7, 11) is 1.92. The Morgan fingerprint density at radius 1 is 1.38 bits per heavy atom. The molecular formula is C12H18N2O2. The van der Waals surface area contributed by atoms with E-state index in [1.54, 1.807) is 0 Å². The highest BCUT2D eigenvalue weighted by molar-refractivity contribution is 5.75. The van der Waals surface area contributed by atoms with Gasteiger partial charge in [-0.05, 0) is 37.6 Å². The topological polar surface area (TPSA) is 45.5 Å². The standard InChI is InChI=1S/C12H18N2O2/c1-13-8-5-10(9-13)11(12(15)16)14-6-3-2-4-7-14/h5,8-9,11H,2-4,6-7H2,1H3,(H,15,16). The van der Waals surface area contributed by atoms with Crippen LogP contribution in [0.5, 0.6) is 0 Å². The number of nitrogens with zero attached hydrogens (tertiary/aromatic N) is 2. The molecule has 1 N–H and O–H groups in total. The maximum absolute atomic E-state index is 11.4. The van der Waals surface area contributed by atoms with Gasteiger partial charge in [-0.25, -0.2) is 0 Å². The zero-order valence-corrected chi connectivity index (χ0v) is 9.59. The molecule has 0 aromatic carbocycles. The van der Waals surface area contributed by atoms with Crippen LogP contribution in [-0.2, 0) is 11.8 Å². The Kier molecular flexibility index (Phi) is 3.29. The van der Waals surface area contributed by atoms with E-state index in [-0.39, 0.29) is 0 Å². The fourth-order valence-corrected chi connectivity index (χ4v) is 2.37. The molecule has 0 saturated carbocycles. The van der Waals surface area contributed by atoms with Crippen molar-refractivity contribution in [3.05, 3.63) is 24.0 Å². The molecule has 2 rings (SSSR count). The molecule has 1 aliphatic heterocycles. The number of hydrogen-bond donors (Lipinski definition) is 1. The van der Waals surface area contributed by atoms with Crippen molar-refractivity contribution in [2.24, 2.45) is 7.05 Å². The van der Waals surface area contributed by atoms with Crippen molar-refractivity contribution in [3.63, 3.8) is 0 Å². The second-order valence-electron chi connectivity index (χ2n) is 4.45. The lowest BCUT2D eigenvalue weighted by Gasteiger charge is -2.31. The third-order valence-corrected chi connectivity index (χ3v) is 3.16. The van der Waals surface area contributed by atoms with Gasteiger partial charge in [0.2, 0.25) is 0 Å². The Bertz CT molecular complexity index is 367. The van der Waals surface area contributed by atoms with Crippen LogP contribution in [0.3, 0.4) is 0 Å². The van der Waals surface area contributed by atoms with Crippen LogP contribution in [0.1, 0.15) is 30.9 Å². The van der Waals surface area contributed by atoms with E-state index < -0.39 is 12.0 Å². The fraction of sp³-hybridized carbons (Fsp3) is 0.583. The smallest absolute Gasteiger partial charge is 0.325 e. The first-order chi connectivity index (χ1) is 7.68. The molecule has 1 aliphatic rings. The zero-order chi connectivity index (χ0) is 11.5. The molecule has 16 heavy (non-hydrogen) atoms. The molecule has 1 atom stereocenters. The van der Waals surface area contributed by atoms with Crippen molar-refractivity contribution >= 4 is 5.97 Å². The molecule has 0 spiro atoms. The normalized spacial score (nSPS) is 19.6. The summed E-state index contributed by atoms with van der Waals surface area (Å²) in [5.41, 5.74) is 0.886. The summed E-state index contributed by atoms with van der Waals surface area (Å²) < 4.78 is 1.90. The minimum absolute atomic E-state index is 0.471. The summed E-state index contributed by atoms with van der Waals surface area (Å²) in [6.07, 6.45) is 7.23. The number of carbonyl (C=O) groups is 1. The lowest BCUT2D eigenvalue weighted by molar-refractivity contribution is -0.144. The molecule has 88 valence electrons. The van der Waals surface area contributed by atoms with E-state index in [0.29, 0.717) is 0 Å².